The van der Waals surface area contributed by atoms with Crippen LogP contribution >= 0.6 is 0 Å². The first-order valence-corrected chi connectivity index (χ1v) is 8.56. The molecule has 1 aromatic rings. The highest BCUT2D eigenvalue weighted by molar-refractivity contribution is 5.58. The molecular weight excluding hydrogens is 334 g/mol. The Kier molecular flexibility index (Phi) is 4.10. The molecule has 1 saturated heterocycles. The van der Waals surface area contributed by atoms with E-state index in [1.807, 2.05) is 6.08 Å². The average Bonchev–Trinajstić information content (AvgIpc) is 2.60. The normalized spacial score (nSPS) is 31.6. The summed E-state index contributed by atoms with van der Waals surface area (Å²) in [6.45, 7) is 0.540. The van der Waals surface area contributed by atoms with Gasteiger partial charge in [-0.3, -0.25) is 0 Å². The number of allylic oxidation sites excluding steroid dienone is 3. The first-order valence-electron chi connectivity index (χ1n) is 8.56. The highest BCUT2D eigenvalue weighted by Gasteiger charge is 2.43. The molecule has 1 unspecified atom stereocenters. The van der Waals surface area contributed by atoms with E-state index >= 15 is 0 Å². The van der Waals surface area contributed by atoms with Gasteiger partial charge in [-0.1, -0.05) is 6.08 Å². The van der Waals surface area contributed by atoms with Gasteiger partial charge in [0, 0.05) is 35.7 Å². The second-order valence-corrected chi connectivity index (χ2v) is 6.92. The third-order valence-electron chi connectivity index (χ3n) is 5.36. The fourth-order valence-electron chi connectivity index (χ4n) is 4.23. The van der Waals surface area contributed by atoms with Crippen molar-refractivity contribution in [1.82, 2.24) is 0 Å². The number of benzene rings is 1. The van der Waals surface area contributed by atoms with Crippen LogP contribution in [0.25, 0.3) is 0 Å². The molecule has 0 saturated carbocycles. The van der Waals surface area contributed by atoms with Gasteiger partial charge in [0.1, 0.15) is 5.83 Å². The summed E-state index contributed by atoms with van der Waals surface area (Å²) in [5, 5.41) is 3.37. The van der Waals surface area contributed by atoms with E-state index in [4.69, 9.17) is 4.74 Å². The van der Waals surface area contributed by atoms with E-state index in [9.17, 15) is 17.6 Å². The highest BCUT2D eigenvalue weighted by atomic mass is 19.4. The number of alkyl halides is 3. The van der Waals surface area contributed by atoms with E-state index in [0.717, 1.165) is 18.9 Å². The lowest BCUT2D eigenvalue weighted by Gasteiger charge is -2.45. The van der Waals surface area contributed by atoms with Gasteiger partial charge in [0.25, 0.3) is 0 Å². The number of hydrogen-bond acceptors (Lipinski definition) is 2. The molecule has 1 aromatic carbocycles. The van der Waals surface area contributed by atoms with Crippen LogP contribution in [0.1, 0.15) is 36.5 Å². The standard InChI is InChI=1S/C19H19F4NO/c20-13-4-1-3-11(9-13)17-14-5-2-8-25-18(14)15-10-12(19(21,22)23)6-7-16(15)24-17/h1,4,6-7,9-11,14,17-18,24H,2-3,5,8H2/t11?,14-,17-,18-/m0/s1. The summed E-state index contributed by atoms with van der Waals surface area (Å²) >= 11 is 0. The number of ether oxygens (including phenoxy) is 1. The summed E-state index contributed by atoms with van der Waals surface area (Å²) in [5.41, 5.74) is 0.557. The van der Waals surface area contributed by atoms with Crippen molar-refractivity contribution in [3.63, 3.8) is 0 Å². The molecule has 4 rings (SSSR count). The van der Waals surface area contributed by atoms with Crippen LogP contribution in [-0.4, -0.2) is 12.6 Å². The lowest BCUT2D eigenvalue weighted by atomic mass is 9.73. The summed E-state index contributed by atoms with van der Waals surface area (Å²) in [7, 11) is 0. The molecule has 1 aliphatic carbocycles. The second-order valence-electron chi connectivity index (χ2n) is 6.92. The van der Waals surface area contributed by atoms with Crippen LogP contribution < -0.4 is 5.32 Å². The smallest absolute Gasteiger partial charge is 0.381 e. The van der Waals surface area contributed by atoms with E-state index in [1.165, 1.54) is 18.2 Å². The van der Waals surface area contributed by atoms with E-state index in [1.54, 1.807) is 6.08 Å². The van der Waals surface area contributed by atoms with Crippen molar-refractivity contribution in [2.75, 3.05) is 11.9 Å². The minimum Gasteiger partial charge on any atom is -0.381 e. The number of anilines is 1. The van der Waals surface area contributed by atoms with Gasteiger partial charge in [0.15, 0.2) is 0 Å². The Morgan fingerprint density at radius 3 is 2.80 bits per heavy atom. The van der Waals surface area contributed by atoms with Crippen LogP contribution in [0.3, 0.4) is 0 Å². The van der Waals surface area contributed by atoms with Gasteiger partial charge in [0.2, 0.25) is 0 Å². The maximum absolute atomic E-state index is 13.7. The molecule has 25 heavy (non-hydrogen) atoms. The van der Waals surface area contributed by atoms with Crippen molar-refractivity contribution in [2.24, 2.45) is 11.8 Å². The lowest BCUT2D eigenvalue weighted by Crippen LogP contribution is -2.45. The molecule has 2 nitrogen and oxygen atoms in total. The summed E-state index contributed by atoms with van der Waals surface area (Å²) < 4.78 is 58.8. The molecule has 134 valence electrons. The zero-order chi connectivity index (χ0) is 17.6. The molecule has 0 amide bonds. The molecule has 4 atom stereocenters. The summed E-state index contributed by atoms with van der Waals surface area (Å²) in [6.07, 6.45) is 2.55. The number of hydrogen-bond donors (Lipinski definition) is 1. The number of nitrogens with one attached hydrogen (secondary N) is 1. The summed E-state index contributed by atoms with van der Waals surface area (Å²) in [6, 6.07) is 3.70. The lowest BCUT2D eigenvalue weighted by molar-refractivity contribution is -0.137. The maximum atomic E-state index is 13.7. The first-order chi connectivity index (χ1) is 11.9. The third-order valence-corrected chi connectivity index (χ3v) is 5.36. The second kappa shape index (κ2) is 6.16. The predicted octanol–water partition coefficient (Wildman–Crippen LogP) is 5.40. The largest absolute Gasteiger partial charge is 0.416 e. The third kappa shape index (κ3) is 3.08. The molecule has 2 aliphatic heterocycles. The Morgan fingerprint density at radius 1 is 1.20 bits per heavy atom. The van der Waals surface area contributed by atoms with Gasteiger partial charge in [-0.05, 0) is 49.6 Å². The fraction of sp³-hybridized carbons (Fsp3) is 0.474. The molecule has 3 aliphatic rings. The first kappa shape index (κ1) is 16.6. The van der Waals surface area contributed by atoms with Crippen molar-refractivity contribution in [1.29, 1.82) is 0 Å². The Balaban J connectivity index is 1.72. The zero-order valence-electron chi connectivity index (χ0n) is 13.5. The Bertz CT molecular complexity index is 725. The van der Waals surface area contributed by atoms with E-state index in [0.29, 0.717) is 24.3 Å². The van der Waals surface area contributed by atoms with Crippen LogP contribution in [0.4, 0.5) is 23.2 Å². The van der Waals surface area contributed by atoms with E-state index < -0.39 is 11.7 Å². The van der Waals surface area contributed by atoms with Crippen molar-refractivity contribution in [3.8, 4) is 0 Å². The SMILES string of the molecule is FC1=CC([C@@H]2Nc3ccc(C(F)(F)F)cc3[C@H]3OCCC[C@H]32)CC=C1. The van der Waals surface area contributed by atoms with Gasteiger partial charge in [0.05, 0.1) is 11.7 Å². The van der Waals surface area contributed by atoms with Crippen LogP contribution in [0, 0.1) is 11.8 Å². The minimum atomic E-state index is -4.38. The van der Waals surface area contributed by atoms with Gasteiger partial charge in [-0.25, -0.2) is 4.39 Å². The van der Waals surface area contributed by atoms with E-state index in [-0.39, 0.29) is 29.8 Å². The van der Waals surface area contributed by atoms with Crippen LogP contribution in [0.5, 0.6) is 0 Å². The van der Waals surface area contributed by atoms with E-state index in [2.05, 4.69) is 5.32 Å². The van der Waals surface area contributed by atoms with Crippen LogP contribution in [-0.2, 0) is 10.9 Å². The minimum absolute atomic E-state index is 0.0327. The van der Waals surface area contributed by atoms with Crippen molar-refractivity contribution in [2.45, 2.75) is 37.6 Å². The maximum Gasteiger partial charge on any atom is 0.416 e. The molecule has 0 bridgehead atoms. The number of rotatable bonds is 1. The molecule has 2 heterocycles. The van der Waals surface area contributed by atoms with Crippen molar-refractivity contribution >= 4 is 5.69 Å². The average molecular weight is 353 g/mol. The van der Waals surface area contributed by atoms with Gasteiger partial charge < -0.3 is 10.1 Å². The Hall–Kier alpha value is -1.82. The number of halogens is 4. The summed E-state index contributed by atoms with van der Waals surface area (Å²) in [4.78, 5) is 0. The fourth-order valence-corrected chi connectivity index (χ4v) is 4.23. The molecular formula is C19H19F4NO. The van der Waals surface area contributed by atoms with Gasteiger partial charge in [-0.2, -0.15) is 13.2 Å². The number of fused-ring (bicyclic) bond motifs is 3. The Labute approximate surface area is 143 Å². The monoisotopic (exact) mass is 353 g/mol. The molecule has 0 spiro atoms. The highest BCUT2D eigenvalue weighted by Crippen LogP contribution is 2.48. The quantitative estimate of drug-likeness (QED) is 0.683. The van der Waals surface area contributed by atoms with Crippen LogP contribution in [0.15, 0.2) is 42.3 Å². The summed E-state index contributed by atoms with van der Waals surface area (Å²) in [5.74, 6) is -0.260. The molecule has 0 aromatic heterocycles. The molecule has 0 radical (unpaired) electrons. The molecule has 1 N–H and O–H groups in total. The van der Waals surface area contributed by atoms with Crippen molar-refractivity contribution in [3.05, 3.63) is 53.4 Å². The Morgan fingerprint density at radius 2 is 2.04 bits per heavy atom. The molecule has 6 heteroatoms. The van der Waals surface area contributed by atoms with Gasteiger partial charge >= 0.3 is 6.18 Å². The van der Waals surface area contributed by atoms with Crippen LogP contribution in [0.2, 0.25) is 0 Å². The van der Waals surface area contributed by atoms with Crippen molar-refractivity contribution < 1.29 is 22.3 Å². The predicted molar refractivity (Wildman–Crippen MR) is 86.7 cm³/mol. The zero-order valence-corrected chi connectivity index (χ0v) is 13.5. The van der Waals surface area contributed by atoms with Gasteiger partial charge in [-0.15, -0.1) is 0 Å². The topological polar surface area (TPSA) is 21.3 Å². The molecule has 1 fully saturated rings.